The Morgan fingerprint density at radius 3 is 1.93 bits per heavy atom. The van der Waals surface area contributed by atoms with Crippen LogP contribution < -0.4 is 0 Å². The summed E-state index contributed by atoms with van der Waals surface area (Å²) in [6.45, 7) is 6.67. The Labute approximate surface area is 93.0 Å². The quantitative estimate of drug-likeness (QED) is 0.688. The van der Waals surface area contributed by atoms with E-state index in [2.05, 4.69) is 20.8 Å². The molecule has 1 rings (SSSR count). The maximum atomic E-state index is 10.6. The van der Waals surface area contributed by atoms with Crippen LogP contribution >= 0.6 is 0 Å². The molecule has 1 fully saturated rings. The summed E-state index contributed by atoms with van der Waals surface area (Å²) in [5, 5.41) is 0. The van der Waals surface area contributed by atoms with Crippen molar-refractivity contribution in [3.8, 4) is 0 Å². The van der Waals surface area contributed by atoms with Crippen LogP contribution in [0.1, 0.15) is 46.5 Å². The van der Waals surface area contributed by atoms with Crippen LogP contribution in [0.15, 0.2) is 0 Å². The average Bonchev–Trinajstić information content (AvgIpc) is 2.00. The van der Waals surface area contributed by atoms with Crippen LogP contribution in [0.4, 0.5) is 0 Å². The Morgan fingerprint density at radius 2 is 1.60 bits per heavy atom. The molecule has 1 aliphatic carbocycles. The largest absolute Gasteiger partial charge is 0.748 e. The molecule has 0 aliphatic heterocycles. The van der Waals surface area contributed by atoms with Gasteiger partial charge in [0.1, 0.15) is 0 Å². The Kier molecular flexibility index (Phi) is 3.82. The predicted octanol–water partition coefficient (Wildman–Crippen LogP) is 2.38. The van der Waals surface area contributed by atoms with E-state index >= 15 is 0 Å². The van der Waals surface area contributed by atoms with Crippen LogP contribution in [-0.2, 0) is 10.1 Å². The molecule has 1 saturated carbocycles. The maximum Gasteiger partial charge on any atom is 0.0948 e. The highest BCUT2D eigenvalue weighted by Gasteiger charge is 2.30. The molecule has 0 atom stereocenters. The van der Waals surface area contributed by atoms with Crippen molar-refractivity contribution in [2.24, 2.45) is 17.3 Å². The summed E-state index contributed by atoms with van der Waals surface area (Å²) in [7, 11) is -4.03. The second kappa shape index (κ2) is 4.42. The van der Waals surface area contributed by atoms with Crippen LogP contribution in [0.3, 0.4) is 0 Å². The van der Waals surface area contributed by atoms with E-state index in [9.17, 15) is 13.0 Å². The molecule has 0 aromatic rings. The van der Waals surface area contributed by atoms with Crippen LogP contribution in [0, 0.1) is 17.3 Å². The minimum absolute atomic E-state index is 0.103. The van der Waals surface area contributed by atoms with Gasteiger partial charge in [-0.05, 0) is 42.9 Å². The lowest BCUT2D eigenvalue weighted by Gasteiger charge is -2.37. The fourth-order valence-corrected chi connectivity index (χ4v) is 3.39. The molecule has 0 heterocycles. The molecule has 15 heavy (non-hydrogen) atoms. The first-order valence-corrected chi connectivity index (χ1v) is 7.20. The number of hydrogen-bond acceptors (Lipinski definition) is 3. The first-order chi connectivity index (χ1) is 6.68. The molecule has 4 heteroatoms. The molecule has 3 nitrogen and oxygen atoms in total. The summed E-state index contributed by atoms with van der Waals surface area (Å²) in [6.07, 6.45) is 3.90. The third-order valence-corrected chi connectivity index (χ3v) is 4.39. The van der Waals surface area contributed by atoms with Crippen molar-refractivity contribution in [1.82, 2.24) is 0 Å². The molecule has 0 saturated heterocycles. The van der Waals surface area contributed by atoms with E-state index in [0.29, 0.717) is 11.3 Å². The van der Waals surface area contributed by atoms with Gasteiger partial charge in [0.15, 0.2) is 0 Å². The zero-order chi connectivity index (χ0) is 11.7. The van der Waals surface area contributed by atoms with Crippen LogP contribution in [0.25, 0.3) is 0 Å². The van der Waals surface area contributed by atoms with Gasteiger partial charge < -0.3 is 4.55 Å². The van der Waals surface area contributed by atoms with Crippen molar-refractivity contribution >= 4 is 10.1 Å². The summed E-state index contributed by atoms with van der Waals surface area (Å²) in [5.41, 5.74) is 0.307. The van der Waals surface area contributed by atoms with Gasteiger partial charge in [0.2, 0.25) is 0 Å². The van der Waals surface area contributed by atoms with Gasteiger partial charge in [0.25, 0.3) is 0 Å². The summed E-state index contributed by atoms with van der Waals surface area (Å²) in [5.74, 6) is 0.610. The molecular formula is C11H21O3S-. The smallest absolute Gasteiger partial charge is 0.0948 e. The van der Waals surface area contributed by atoms with Gasteiger partial charge in [0, 0.05) is 5.75 Å². The van der Waals surface area contributed by atoms with E-state index in [0.717, 1.165) is 25.7 Å². The fraction of sp³-hybridized carbons (Fsp3) is 1.00. The van der Waals surface area contributed by atoms with Crippen molar-refractivity contribution < 1.29 is 13.0 Å². The number of rotatable bonds is 2. The molecule has 0 aromatic heterocycles. The summed E-state index contributed by atoms with van der Waals surface area (Å²) in [6, 6.07) is 0. The summed E-state index contributed by atoms with van der Waals surface area (Å²) < 4.78 is 31.9. The molecule has 90 valence electrons. The van der Waals surface area contributed by atoms with Crippen molar-refractivity contribution in [3.05, 3.63) is 0 Å². The van der Waals surface area contributed by atoms with Crippen LogP contribution in [0.5, 0.6) is 0 Å². The minimum atomic E-state index is -4.03. The van der Waals surface area contributed by atoms with E-state index in [1.807, 2.05) is 0 Å². The maximum absolute atomic E-state index is 10.6. The highest BCUT2D eigenvalue weighted by atomic mass is 32.2. The zero-order valence-electron chi connectivity index (χ0n) is 9.82. The Balaban J connectivity index is 2.43. The third-order valence-electron chi connectivity index (χ3n) is 3.51. The van der Waals surface area contributed by atoms with Crippen LogP contribution in [-0.4, -0.2) is 18.7 Å². The molecule has 1 aliphatic rings. The lowest BCUT2D eigenvalue weighted by molar-refractivity contribution is 0.155. The van der Waals surface area contributed by atoms with Gasteiger partial charge in [-0.25, -0.2) is 8.42 Å². The number of hydrogen-bond donors (Lipinski definition) is 0. The first kappa shape index (κ1) is 13.0. The standard InChI is InChI=1S/C11H22O3S/c1-11(2,3)10-6-4-9(5-7-10)8-15(12,13)14/h9-10H,4-8H2,1-3H3,(H,12,13,14)/p-1. The predicted molar refractivity (Wildman–Crippen MR) is 59.5 cm³/mol. The Morgan fingerprint density at radius 1 is 1.13 bits per heavy atom. The Bertz CT molecular complexity index is 292. The monoisotopic (exact) mass is 233 g/mol. The minimum Gasteiger partial charge on any atom is -0.748 e. The topological polar surface area (TPSA) is 57.2 Å². The lowest BCUT2D eigenvalue weighted by Crippen LogP contribution is -2.28. The van der Waals surface area contributed by atoms with E-state index < -0.39 is 10.1 Å². The van der Waals surface area contributed by atoms with E-state index in [1.165, 1.54) is 0 Å². The van der Waals surface area contributed by atoms with E-state index in [4.69, 9.17) is 0 Å². The van der Waals surface area contributed by atoms with Crippen molar-refractivity contribution in [2.45, 2.75) is 46.5 Å². The second-order valence-corrected chi connectivity index (χ2v) is 7.26. The van der Waals surface area contributed by atoms with Gasteiger partial charge in [0.05, 0.1) is 10.1 Å². The summed E-state index contributed by atoms with van der Waals surface area (Å²) >= 11 is 0. The van der Waals surface area contributed by atoms with Gasteiger partial charge in [-0.1, -0.05) is 20.8 Å². The normalized spacial score (nSPS) is 29.1. The molecule has 0 unspecified atom stereocenters. The highest BCUT2D eigenvalue weighted by molar-refractivity contribution is 7.85. The van der Waals surface area contributed by atoms with E-state index in [1.54, 1.807) is 0 Å². The SMILES string of the molecule is CC(C)(C)C1CCC(CS(=O)(=O)[O-])CC1. The molecule has 0 amide bonds. The van der Waals surface area contributed by atoms with Crippen molar-refractivity contribution in [1.29, 1.82) is 0 Å². The van der Waals surface area contributed by atoms with Gasteiger partial charge in [-0.3, -0.25) is 0 Å². The fourth-order valence-electron chi connectivity index (χ4n) is 2.48. The molecule has 0 bridgehead atoms. The molecule has 0 spiro atoms. The van der Waals surface area contributed by atoms with Crippen molar-refractivity contribution in [2.75, 3.05) is 5.75 Å². The zero-order valence-corrected chi connectivity index (χ0v) is 10.6. The molecule has 0 aromatic carbocycles. The van der Waals surface area contributed by atoms with Gasteiger partial charge in [-0.2, -0.15) is 0 Å². The second-order valence-electron chi connectivity index (χ2n) is 5.81. The first-order valence-electron chi connectivity index (χ1n) is 5.62. The molecule has 0 radical (unpaired) electrons. The van der Waals surface area contributed by atoms with Crippen LogP contribution in [0.2, 0.25) is 0 Å². The van der Waals surface area contributed by atoms with E-state index in [-0.39, 0.29) is 11.7 Å². The molecule has 0 N–H and O–H groups in total. The highest BCUT2D eigenvalue weighted by Crippen LogP contribution is 2.39. The van der Waals surface area contributed by atoms with Gasteiger partial charge >= 0.3 is 0 Å². The Hall–Kier alpha value is -0.0900. The third kappa shape index (κ3) is 4.51. The lowest BCUT2D eigenvalue weighted by atomic mass is 9.70. The van der Waals surface area contributed by atoms with Crippen molar-refractivity contribution in [3.63, 3.8) is 0 Å². The molecular weight excluding hydrogens is 212 g/mol. The average molecular weight is 233 g/mol. The summed E-state index contributed by atoms with van der Waals surface area (Å²) in [4.78, 5) is 0. The van der Waals surface area contributed by atoms with Gasteiger partial charge in [-0.15, -0.1) is 0 Å².